The Morgan fingerprint density at radius 3 is 2.72 bits per heavy atom. The van der Waals surface area contributed by atoms with Crippen LogP contribution in [0.25, 0.3) is 0 Å². The van der Waals surface area contributed by atoms with Crippen molar-refractivity contribution in [2.75, 3.05) is 20.6 Å². The molecule has 1 aromatic rings. The molecule has 0 fully saturated rings. The molecule has 1 aromatic heterocycles. The van der Waals surface area contributed by atoms with Crippen LogP contribution in [0.5, 0.6) is 0 Å². The van der Waals surface area contributed by atoms with E-state index < -0.39 is 5.97 Å². The van der Waals surface area contributed by atoms with Crippen molar-refractivity contribution in [2.45, 2.75) is 25.9 Å². The van der Waals surface area contributed by atoms with Gasteiger partial charge in [0.1, 0.15) is 11.9 Å². The summed E-state index contributed by atoms with van der Waals surface area (Å²) in [6, 6.07) is 0. The van der Waals surface area contributed by atoms with Gasteiger partial charge in [-0.05, 0) is 27.9 Å². The van der Waals surface area contributed by atoms with Crippen molar-refractivity contribution >= 4 is 5.97 Å². The maximum absolute atomic E-state index is 11.0. The molecule has 100 valence electrons. The molecule has 0 aliphatic heterocycles. The number of nitrogens with zero attached hydrogens (tertiary/aromatic N) is 3. The molecule has 6 nitrogen and oxygen atoms in total. The van der Waals surface area contributed by atoms with Crippen LogP contribution >= 0.6 is 0 Å². The number of carboxylic acids is 1. The molecule has 0 saturated heterocycles. The molecular weight excluding hydrogens is 232 g/mol. The van der Waals surface area contributed by atoms with Crippen molar-refractivity contribution in [1.82, 2.24) is 20.2 Å². The zero-order chi connectivity index (χ0) is 13.8. The summed E-state index contributed by atoms with van der Waals surface area (Å²) in [6.45, 7) is 5.38. The molecule has 18 heavy (non-hydrogen) atoms. The first-order chi connectivity index (χ1) is 8.34. The quantitative estimate of drug-likeness (QED) is 0.772. The van der Waals surface area contributed by atoms with Crippen LogP contribution in [0.15, 0.2) is 12.5 Å². The summed E-state index contributed by atoms with van der Waals surface area (Å²) in [5.41, 5.74) is 0.649. The molecule has 6 heteroatoms. The monoisotopic (exact) mass is 252 g/mol. The first kappa shape index (κ1) is 14.5. The average Bonchev–Trinajstić information content (AvgIpc) is 2.29. The summed E-state index contributed by atoms with van der Waals surface area (Å²) < 4.78 is 0. The lowest BCUT2D eigenvalue weighted by molar-refractivity contribution is 0.0694. The van der Waals surface area contributed by atoms with E-state index in [-0.39, 0.29) is 11.1 Å². The number of aromatic carboxylic acids is 1. The summed E-state index contributed by atoms with van der Waals surface area (Å²) >= 11 is 0. The Labute approximate surface area is 107 Å². The lowest BCUT2D eigenvalue weighted by Crippen LogP contribution is -2.46. The van der Waals surface area contributed by atoms with Crippen molar-refractivity contribution in [3.63, 3.8) is 0 Å². The second-order valence-corrected chi connectivity index (χ2v) is 5.00. The van der Waals surface area contributed by atoms with Gasteiger partial charge in [-0.1, -0.05) is 0 Å². The number of hydrogen-bond donors (Lipinski definition) is 2. The number of carbonyl (C=O) groups is 1. The third kappa shape index (κ3) is 3.75. The van der Waals surface area contributed by atoms with Gasteiger partial charge in [0.2, 0.25) is 0 Å². The second kappa shape index (κ2) is 5.88. The predicted molar refractivity (Wildman–Crippen MR) is 68.5 cm³/mol. The first-order valence-electron chi connectivity index (χ1n) is 5.75. The number of hydrogen-bond acceptors (Lipinski definition) is 5. The van der Waals surface area contributed by atoms with E-state index in [4.69, 9.17) is 5.11 Å². The van der Waals surface area contributed by atoms with Gasteiger partial charge in [0, 0.05) is 24.8 Å². The molecule has 0 aliphatic rings. The molecule has 0 atom stereocenters. The standard InChI is InChI=1S/C12H20N4O2/c1-12(2,16(3)4)7-13-6-10-9(11(17)18)5-14-8-15-10/h5,8,13H,6-7H2,1-4H3,(H,17,18). The molecule has 2 N–H and O–H groups in total. The molecule has 0 radical (unpaired) electrons. The molecule has 0 unspecified atom stereocenters. The summed E-state index contributed by atoms with van der Waals surface area (Å²) in [5.74, 6) is -1.00. The molecule has 0 aliphatic carbocycles. The number of rotatable bonds is 6. The lowest BCUT2D eigenvalue weighted by atomic mass is 10.0. The minimum atomic E-state index is -1.00. The number of nitrogens with one attached hydrogen (secondary N) is 1. The number of aromatic nitrogens is 2. The molecule has 0 spiro atoms. The van der Waals surface area contributed by atoms with Crippen LogP contribution in [0.3, 0.4) is 0 Å². The average molecular weight is 252 g/mol. The van der Waals surface area contributed by atoms with E-state index in [1.807, 2.05) is 14.1 Å². The van der Waals surface area contributed by atoms with Crippen molar-refractivity contribution in [3.05, 3.63) is 23.8 Å². The van der Waals surface area contributed by atoms with Crippen LogP contribution in [0, 0.1) is 0 Å². The van der Waals surface area contributed by atoms with Gasteiger partial charge < -0.3 is 15.3 Å². The van der Waals surface area contributed by atoms with E-state index in [0.717, 1.165) is 6.54 Å². The van der Waals surface area contributed by atoms with Crippen LogP contribution in [0.4, 0.5) is 0 Å². The highest BCUT2D eigenvalue weighted by Crippen LogP contribution is 2.09. The molecule has 0 saturated carbocycles. The zero-order valence-corrected chi connectivity index (χ0v) is 11.3. The predicted octanol–water partition coefficient (Wildman–Crippen LogP) is 0.605. The van der Waals surface area contributed by atoms with Gasteiger partial charge in [0.15, 0.2) is 0 Å². The third-order valence-electron chi connectivity index (χ3n) is 3.09. The van der Waals surface area contributed by atoms with Gasteiger partial charge in [-0.25, -0.2) is 14.8 Å². The van der Waals surface area contributed by atoms with E-state index in [9.17, 15) is 4.79 Å². The molecule has 0 bridgehead atoms. The molecular formula is C12H20N4O2. The van der Waals surface area contributed by atoms with Crippen molar-refractivity contribution in [1.29, 1.82) is 0 Å². The van der Waals surface area contributed by atoms with Crippen LogP contribution in [0.1, 0.15) is 29.9 Å². The fourth-order valence-electron chi connectivity index (χ4n) is 1.32. The smallest absolute Gasteiger partial charge is 0.339 e. The third-order valence-corrected chi connectivity index (χ3v) is 3.09. The Morgan fingerprint density at radius 2 is 2.17 bits per heavy atom. The SMILES string of the molecule is CN(C)C(C)(C)CNCc1ncncc1C(=O)O. The number of carboxylic acid groups (broad SMARTS) is 1. The van der Waals surface area contributed by atoms with Crippen molar-refractivity contribution < 1.29 is 9.90 Å². The van der Waals surface area contributed by atoms with Gasteiger partial charge in [-0.15, -0.1) is 0 Å². The van der Waals surface area contributed by atoms with Crippen molar-refractivity contribution in [3.8, 4) is 0 Å². The zero-order valence-electron chi connectivity index (χ0n) is 11.3. The normalized spacial score (nSPS) is 11.8. The van der Waals surface area contributed by atoms with Crippen LogP contribution in [-0.2, 0) is 6.54 Å². The second-order valence-electron chi connectivity index (χ2n) is 5.00. The van der Waals surface area contributed by atoms with E-state index in [0.29, 0.717) is 12.2 Å². The molecule has 1 rings (SSSR count). The fourth-order valence-corrected chi connectivity index (χ4v) is 1.32. The highest BCUT2D eigenvalue weighted by atomic mass is 16.4. The summed E-state index contributed by atoms with van der Waals surface area (Å²) in [4.78, 5) is 20.8. The Hall–Kier alpha value is -1.53. The summed E-state index contributed by atoms with van der Waals surface area (Å²) in [7, 11) is 4.02. The van der Waals surface area contributed by atoms with Gasteiger partial charge in [-0.3, -0.25) is 0 Å². The van der Waals surface area contributed by atoms with Gasteiger partial charge in [-0.2, -0.15) is 0 Å². The van der Waals surface area contributed by atoms with Gasteiger partial charge >= 0.3 is 5.97 Å². The molecule has 1 heterocycles. The maximum Gasteiger partial charge on any atom is 0.339 e. The maximum atomic E-state index is 11.0. The number of likely N-dealkylation sites (N-methyl/N-ethyl adjacent to an activating group) is 1. The van der Waals surface area contributed by atoms with E-state index >= 15 is 0 Å². The first-order valence-corrected chi connectivity index (χ1v) is 5.75. The largest absolute Gasteiger partial charge is 0.478 e. The van der Waals surface area contributed by atoms with E-state index in [1.54, 1.807) is 0 Å². The minimum Gasteiger partial charge on any atom is -0.478 e. The van der Waals surface area contributed by atoms with E-state index in [2.05, 4.69) is 34.0 Å². The Kier molecular flexibility index (Phi) is 4.75. The molecule has 0 amide bonds. The Morgan fingerprint density at radius 1 is 1.50 bits per heavy atom. The van der Waals surface area contributed by atoms with Crippen molar-refractivity contribution in [2.24, 2.45) is 0 Å². The Balaban J connectivity index is 2.62. The van der Waals surface area contributed by atoms with Crippen LogP contribution in [-0.4, -0.2) is 52.1 Å². The van der Waals surface area contributed by atoms with Crippen LogP contribution < -0.4 is 5.32 Å². The lowest BCUT2D eigenvalue weighted by Gasteiger charge is -2.32. The van der Waals surface area contributed by atoms with Crippen LogP contribution in [0.2, 0.25) is 0 Å². The minimum absolute atomic E-state index is 0.00355. The fraction of sp³-hybridized carbons (Fsp3) is 0.583. The summed E-state index contributed by atoms with van der Waals surface area (Å²) in [6.07, 6.45) is 2.68. The Bertz CT molecular complexity index is 418. The molecule has 0 aromatic carbocycles. The van der Waals surface area contributed by atoms with E-state index in [1.165, 1.54) is 12.5 Å². The van der Waals surface area contributed by atoms with Gasteiger partial charge in [0.05, 0.1) is 5.69 Å². The highest BCUT2D eigenvalue weighted by Gasteiger charge is 2.20. The van der Waals surface area contributed by atoms with Gasteiger partial charge in [0.25, 0.3) is 0 Å². The highest BCUT2D eigenvalue weighted by molar-refractivity contribution is 5.88. The topological polar surface area (TPSA) is 78.3 Å². The summed E-state index contributed by atoms with van der Waals surface area (Å²) in [5, 5.41) is 12.2.